The van der Waals surface area contributed by atoms with Gasteiger partial charge in [0.2, 0.25) is 0 Å². The van der Waals surface area contributed by atoms with Gasteiger partial charge in [0, 0.05) is 30.6 Å². The van der Waals surface area contributed by atoms with Gasteiger partial charge in [0.05, 0.1) is 31.3 Å². The second-order valence-electron chi connectivity index (χ2n) is 6.65. The number of esters is 1. The van der Waals surface area contributed by atoms with Gasteiger partial charge in [-0.15, -0.1) is 0 Å². The molecule has 0 amide bonds. The number of rotatable bonds is 7. The van der Waals surface area contributed by atoms with Gasteiger partial charge in [0.25, 0.3) is 5.56 Å². The first-order valence-electron chi connectivity index (χ1n) is 8.94. The van der Waals surface area contributed by atoms with Gasteiger partial charge in [-0.2, -0.15) is 0 Å². The number of imidazole rings is 1. The van der Waals surface area contributed by atoms with E-state index in [0.717, 1.165) is 5.69 Å². The zero-order valence-electron chi connectivity index (χ0n) is 16.1. The van der Waals surface area contributed by atoms with Crippen molar-refractivity contribution in [3.63, 3.8) is 0 Å². The first-order chi connectivity index (χ1) is 13.4. The summed E-state index contributed by atoms with van der Waals surface area (Å²) < 4.78 is 12.0. The molecule has 8 nitrogen and oxygen atoms in total. The van der Waals surface area contributed by atoms with Crippen LogP contribution in [0.3, 0.4) is 0 Å². The van der Waals surface area contributed by atoms with Gasteiger partial charge in [0.15, 0.2) is 0 Å². The minimum Gasteiger partial charge on any atom is -0.507 e. The van der Waals surface area contributed by atoms with Gasteiger partial charge in [-0.25, -0.2) is 4.98 Å². The van der Waals surface area contributed by atoms with Crippen molar-refractivity contribution in [2.24, 2.45) is 0 Å². The molecule has 0 unspecified atom stereocenters. The lowest BCUT2D eigenvalue weighted by atomic mass is 9.93. The molecule has 0 saturated heterocycles. The molecule has 0 aliphatic heterocycles. The number of aromatic hydroxyl groups is 1. The van der Waals surface area contributed by atoms with E-state index < -0.39 is 11.9 Å². The maximum Gasteiger partial charge on any atom is 0.306 e. The summed E-state index contributed by atoms with van der Waals surface area (Å²) in [5.74, 6) is -0.325. The van der Waals surface area contributed by atoms with Gasteiger partial charge in [-0.3, -0.25) is 9.59 Å². The van der Waals surface area contributed by atoms with Crippen LogP contribution in [0.15, 0.2) is 39.9 Å². The third kappa shape index (κ3) is 4.00. The number of hydrogen-bond acceptors (Lipinski definition) is 6. The van der Waals surface area contributed by atoms with E-state index in [4.69, 9.17) is 9.15 Å². The lowest BCUT2D eigenvalue weighted by Crippen LogP contribution is -2.29. The highest BCUT2D eigenvalue weighted by Gasteiger charge is 2.28. The standard InChI is InChI=1S/C20H23N3O5/c1-12-8-16(24)19(20(26)23(12)7-6-14-10-21-11-22-14)15(9-18(25)27-3)17-5-4-13(2)28-17/h4-5,8,10-11,15,24H,6-7,9H2,1-3H3,(H,21,22)/t15-/m1/s1. The Bertz CT molecular complexity index is 1020. The summed E-state index contributed by atoms with van der Waals surface area (Å²) in [6.45, 7) is 3.93. The Kier molecular flexibility index (Phi) is 5.67. The van der Waals surface area contributed by atoms with E-state index in [9.17, 15) is 14.7 Å². The lowest BCUT2D eigenvalue weighted by Gasteiger charge is -2.18. The molecule has 1 atom stereocenters. The Balaban J connectivity index is 2.05. The van der Waals surface area contributed by atoms with Crippen LogP contribution in [-0.4, -0.2) is 32.7 Å². The fraction of sp³-hybridized carbons (Fsp3) is 0.350. The molecule has 0 aliphatic carbocycles. The first-order valence-corrected chi connectivity index (χ1v) is 8.94. The van der Waals surface area contributed by atoms with Crippen molar-refractivity contribution in [3.05, 3.63) is 69.5 Å². The van der Waals surface area contributed by atoms with Crippen LogP contribution in [-0.2, 0) is 22.5 Å². The van der Waals surface area contributed by atoms with Crippen LogP contribution >= 0.6 is 0 Å². The van der Waals surface area contributed by atoms with Gasteiger partial charge in [0.1, 0.15) is 17.3 Å². The molecule has 0 fully saturated rings. The molecule has 8 heteroatoms. The fourth-order valence-electron chi connectivity index (χ4n) is 3.26. The van der Waals surface area contributed by atoms with Crippen LogP contribution in [0.4, 0.5) is 0 Å². The summed E-state index contributed by atoms with van der Waals surface area (Å²) in [6, 6.07) is 4.99. The number of furan rings is 1. The average Bonchev–Trinajstić information content (AvgIpc) is 3.31. The SMILES string of the molecule is COC(=O)C[C@H](c1ccc(C)o1)c1c(O)cc(C)n(CCc2cnc[nH]2)c1=O. The predicted octanol–water partition coefficient (Wildman–Crippen LogP) is 2.42. The van der Waals surface area contributed by atoms with E-state index in [1.165, 1.54) is 13.2 Å². The Labute approximate surface area is 161 Å². The highest BCUT2D eigenvalue weighted by atomic mass is 16.5. The molecule has 3 aromatic rings. The van der Waals surface area contributed by atoms with Crippen LogP contribution in [0.25, 0.3) is 0 Å². The van der Waals surface area contributed by atoms with Crippen molar-refractivity contribution in [1.29, 1.82) is 0 Å². The van der Waals surface area contributed by atoms with Crippen LogP contribution in [0, 0.1) is 13.8 Å². The average molecular weight is 385 g/mol. The number of pyridine rings is 1. The maximum absolute atomic E-state index is 13.2. The molecule has 0 aliphatic rings. The number of nitrogens with one attached hydrogen (secondary N) is 1. The van der Waals surface area contributed by atoms with Crippen molar-refractivity contribution in [3.8, 4) is 5.75 Å². The highest BCUT2D eigenvalue weighted by molar-refractivity contribution is 5.71. The molecule has 0 aromatic carbocycles. The minimum atomic E-state index is -0.743. The molecule has 148 valence electrons. The molecule has 0 spiro atoms. The summed E-state index contributed by atoms with van der Waals surface area (Å²) in [5, 5.41) is 10.5. The monoisotopic (exact) mass is 385 g/mol. The van der Waals surface area contributed by atoms with Crippen molar-refractivity contribution in [2.45, 2.75) is 39.2 Å². The highest BCUT2D eigenvalue weighted by Crippen LogP contribution is 2.33. The Morgan fingerprint density at radius 3 is 2.79 bits per heavy atom. The number of carbonyl (C=O) groups is 1. The Morgan fingerprint density at radius 2 is 2.18 bits per heavy atom. The molecule has 0 saturated carbocycles. The summed E-state index contributed by atoms with van der Waals surface area (Å²) in [4.78, 5) is 32.2. The van der Waals surface area contributed by atoms with E-state index in [2.05, 4.69) is 9.97 Å². The molecule has 0 radical (unpaired) electrons. The molecular formula is C20H23N3O5. The van der Waals surface area contributed by atoms with Gasteiger partial charge in [-0.1, -0.05) is 0 Å². The van der Waals surface area contributed by atoms with Crippen LogP contribution in [0.1, 0.15) is 40.8 Å². The molecule has 3 heterocycles. The smallest absolute Gasteiger partial charge is 0.306 e. The third-order valence-corrected chi connectivity index (χ3v) is 4.73. The molecule has 3 aromatic heterocycles. The van der Waals surface area contributed by atoms with Crippen LogP contribution < -0.4 is 5.56 Å². The van der Waals surface area contributed by atoms with Gasteiger partial charge in [-0.05, 0) is 32.0 Å². The van der Waals surface area contributed by atoms with E-state index in [1.807, 2.05) is 0 Å². The maximum atomic E-state index is 13.2. The molecular weight excluding hydrogens is 362 g/mol. The number of H-pyrrole nitrogens is 1. The lowest BCUT2D eigenvalue weighted by molar-refractivity contribution is -0.140. The number of nitrogens with zero attached hydrogens (tertiary/aromatic N) is 2. The van der Waals surface area contributed by atoms with E-state index in [1.54, 1.807) is 43.1 Å². The number of aryl methyl sites for hydroxylation is 3. The van der Waals surface area contributed by atoms with Crippen molar-refractivity contribution in [2.75, 3.05) is 7.11 Å². The zero-order chi connectivity index (χ0) is 20.3. The summed E-state index contributed by atoms with van der Waals surface area (Å²) in [5.41, 5.74) is 1.28. The fourth-order valence-corrected chi connectivity index (χ4v) is 3.26. The largest absolute Gasteiger partial charge is 0.507 e. The van der Waals surface area contributed by atoms with Crippen molar-refractivity contribution in [1.82, 2.24) is 14.5 Å². The van der Waals surface area contributed by atoms with E-state index >= 15 is 0 Å². The van der Waals surface area contributed by atoms with Crippen molar-refractivity contribution >= 4 is 5.97 Å². The normalized spacial score (nSPS) is 12.1. The summed E-state index contributed by atoms with van der Waals surface area (Å²) in [7, 11) is 1.28. The summed E-state index contributed by atoms with van der Waals surface area (Å²) in [6.07, 6.45) is 3.74. The Hall–Kier alpha value is -3.29. The van der Waals surface area contributed by atoms with Crippen LogP contribution in [0.2, 0.25) is 0 Å². The van der Waals surface area contributed by atoms with E-state index in [0.29, 0.717) is 30.2 Å². The predicted molar refractivity (Wildman–Crippen MR) is 101 cm³/mol. The quantitative estimate of drug-likeness (QED) is 0.605. The number of carbonyl (C=O) groups excluding carboxylic acids is 1. The van der Waals surface area contributed by atoms with Gasteiger partial charge < -0.3 is 23.8 Å². The number of hydrogen-bond donors (Lipinski definition) is 2. The molecule has 3 rings (SSSR count). The molecule has 2 N–H and O–H groups in total. The summed E-state index contributed by atoms with van der Waals surface area (Å²) >= 11 is 0. The number of ether oxygens (including phenoxy) is 1. The third-order valence-electron chi connectivity index (χ3n) is 4.73. The van der Waals surface area contributed by atoms with Crippen molar-refractivity contribution < 1.29 is 19.1 Å². The molecule has 0 bridgehead atoms. The zero-order valence-corrected chi connectivity index (χ0v) is 16.1. The van der Waals surface area contributed by atoms with Gasteiger partial charge >= 0.3 is 5.97 Å². The number of aromatic amines is 1. The minimum absolute atomic E-state index is 0.115. The Morgan fingerprint density at radius 1 is 1.39 bits per heavy atom. The first kappa shape index (κ1) is 19.5. The van der Waals surface area contributed by atoms with E-state index in [-0.39, 0.29) is 23.3 Å². The topological polar surface area (TPSA) is 110 Å². The molecule has 28 heavy (non-hydrogen) atoms. The number of aromatic nitrogens is 3. The second kappa shape index (κ2) is 8.16. The van der Waals surface area contributed by atoms with Crippen LogP contribution in [0.5, 0.6) is 5.75 Å². The second-order valence-corrected chi connectivity index (χ2v) is 6.65. The number of methoxy groups -OCH3 is 1.